The van der Waals surface area contributed by atoms with Crippen molar-refractivity contribution in [2.24, 2.45) is 5.92 Å². The summed E-state index contributed by atoms with van der Waals surface area (Å²) in [4.78, 5) is 0. The van der Waals surface area contributed by atoms with Crippen LogP contribution in [0, 0.1) is 5.92 Å². The minimum Gasteiger partial charge on any atom is -0.848 e. The molecule has 0 unspecified atom stereocenters. The molecule has 1 aromatic carbocycles. The number of hydrogen-bond donors (Lipinski definition) is 0. The van der Waals surface area contributed by atoms with Crippen LogP contribution in [0.1, 0.15) is 12.0 Å². The molecule has 0 N–H and O–H groups in total. The van der Waals surface area contributed by atoms with E-state index in [1.54, 1.807) is 0 Å². The van der Waals surface area contributed by atoms with Crippen LogP contribution in [-0.4, -0.2) is 25.1 Å². The molecule has 0 aliphatic carbocycles. The molecule has 2 aliphatic heterocycles. The fourth-order valence-electron chi connectivity index (χ4n) is 2.58. The summed E-state index contributed by atoms with van der Waals surface area (Å²) in [6.07, 6.45) is 0.573. The molecule has 0 radical (unpaired) electrons. The molecule has 1 aromatic rings. The predicted molar refractivity (Wildman–Crippen MR) is 56.7 cm³/mol. The standard InChI is InChI=1S/C13H15O3.Rb/c14-12-10(6-9-4-2-1-3-5-9)7-11-8-15-13(12)16-11;/h1-5,10-13H,6-8H2;/q-1;+1/t10-,11+,12+,13-;/m1./s1. The third kappa shape index (κ3) is 3.27. The number of rotatable bonds is 2. The van der Waals surface area contributed by atoms with Crippen molar-refractivity contribution >= 4 is 0 Å². The Hall–Kier alpha value is 0.905. The van der Waals surface area contributed by atoms with Gasteiger partial charge in [0.2, 0.25) is 0 Å². The average molecular weight is 305 g/mol. The van der Waals surface area contributed by atoms with Crippen LogP contribution >= 0.6 is 0 Å². The molecule has 4 atom stereocenters. The van der Waals surface area contributed by atoms with Gasteiger partial charge in [-0.3, -0.25) is 0 Å². The summed E-state index contributed by atoms with van der Waals surface area (Å²) in [5.74, 6) is 0.147. The molecular formula is C13H15O3Rb. The Bertz CT molecular complexity index is 357. The third-order valence-corrected chi connectivity index (χ3v) is 3.41. The molecule has 0 aromatic heterocycles. The van der Waals surface area contributed by atoms with Crippen molar-refractivity contribution in [2.75, 3.05) is 6.61 Å². The molecule has 3 nitrogen and oxygen atoms in total. The second kappa shape index (κ2) is 6.37. The van der Waals surface area contributed by atoms with Gasteiger partial charge in [0.25, 0.3) is 0 Å². The van der Waals surface area contributed by atoms with E-state index in [4.69, 9.17) is 9.47 Å². The number of hydrogen-bond acceptors (Lipinski definition) is 3. The van der Waals surface area contributed by atoms with Crippen molar-refractivity contribution in [3.8, 4) is 0 Å². The summed E-state index contributed by atoms with van der Waals surface area (Å²) in [7, 11) is 0. The fraction of sp³-hybridized carbons (Fsp3) is 0.538. The zero-order chi connectivity index (χ0) is 11.0. The van der Waals surface area contributed by atoms with Gasteiger partial charge in [0.05, 0.1) is 12.7 Å². The molecule has 4 heteroatoms. The molecule has 3 rings (SSSR count). The monoisotopic (exact) mass is 304 g/mol. The van der Waals surface area contributed by atoms with Gasteiger partial charge in [0.1, 0.15) is 6.29 Å². The summed E-state index contributed by atoms with van der Waals surface area (Å²) in [6.45, 7) is 0.592. The zero-order valence-corrected chi connectivity index (χ0v) is 15.0. The Morgan fingerprint density at radius 3 is 2.76 bits per heavy atom. The molecule has 2 bridgehead atoms. The maximum Gasteiger partial charge on any atom is 1.00 e. The first-order chi connectivity index (χ1) is 7.83. The number of benzene rings is 1. The van der Waals surface area contributed by atoms with E-state index in [0.717, 1.165) is 12.8 Å². The summed E-state index contributed by atoms with van der Waals surface area (Å²) >= 11 is 0. The maximum absolute atomic E-state index is 12.0. The van der Waals surface area contributed by atoms with Crippen LogP contribution in [-0.2, 0) is 15.9 Å². The van der Waals surface area contributed by atoms with Crippen LogP contribution < -0.4 is 63.3 Å². The maximum atomic E-state index is 12.0. The first-order valence-electron chi connectivity index (χ1n) is 5.80. The van der Waals surface area contributed by atoms with Crippen LogP contribution in [0.25, 0.3) is 0 Å². The summed E-state index contributed by atoms with van der Waals surface area (Å²) in [5, 5.41) is 12.0. The van der Waals surface area contributed by atoms with Crippen molar-refractivity contribution in [1.29, 1.82) is 0 Å². The molecule has 2 aliphatic rings. The predicted octanol–water partition coefficient (Wildman–Crippen LogP) is -2.28. The van der Waals surface area contributed by atoms with E-state index in [9.17, 15) is 5.11 Å². The molecule has 17 heavy (non-hydrogen) atoms. The van der Waals surface area contributed by atoms with Gasteiger partial charge in [-0.2, -0.15) is 0 Å². The second-order valence-corrected chi connectivity index (χ2v) is 4.61. The van der Waals surface area contributed by atoms with E-state index in [2.05, 4.69) is 12.1 Å². The smallest absolute Gasteiger partial charge is 0.848 e. The van der Waals surface area contributed by atoms with Crippen molar-refractivity contribution in [1.82, 2.24) is 0 Å². The molecule has 0 saturated carbocycles. The van der Waals surface area contributed by atoms with Gasteiger partial charge in [-0.25, -0.2) is 0 Å². The van der Waals surface area contributed by atoms with Gasteiger partial charge >= 0.3 is 58.2 Å². The Morgan fingerprint density at radius 2 is 2.00 bits per heavy atom. The Kier molecular flexibility index (Phi) is 5.37. The molecule has 2 heterocycles. The minimum atomic E-state index is -0.737. The van der Waals surface area contributed by atoms with E-state index in [1.165, 1.54) is 5.56 Å². The second-order valence-electron chi connectivity index (χ2n) is 4.61. The zero-order valence-electron chi connectivity index (χ0n) is 10.0. The number of fused-ring (bicyclic) bond motifs is 2. The van der Waals surface area contributed by atoms with E-state index in [1.807, 2.05) is 18.2 Å². The molecule has 86 valence electrons. The normalized spacial score (nSPS) is 35.4. The first-order valence-corrected chi connectivity index (χ1v) is 5.80. The first kappa shape index (κ1) is 14.3. The number of ether oxygens (including phenoxy) is 2. The van der Waals surface area contributed by atoms with Gasteiger partial charge < -0.3 is 14.6 Å². The van der Waals surface area contributed by atoms with Crippen LogP contribution in [0.2, 0.25) is 0 Å². The van der Waals surface area contributed by atoms with Crippen molar-refractivity contribution in [3.63, 3.8) is 0 Å². The molecule has 0 amide bonds. The Morgan fingerprint density at radius 1 is 1.24 bits per heavy atom. The van der Waals surface area contributed by atoms with Gasteiger partial charge in [0, 0.05) is 0 Å². The van der Waals surface area contributed by atoms with E-state index >= 15 is 0 Å². The summed E-state index contributed by atoms with van der Waals surface area (Å²) < 4.78 is 10.8. The Balaban J connectivity index is 0.00000108. The molecule has 2 saturated heterocycles. The topological polar surface area (TPSA) is 41.5 Å². The largest absolute Gasteiger partial charge is 1.00 e. The molecule has 0 spiro atoms. The van der Waals surface area contributed by atoms with Gasteiger partial charge in [-0.1, -0.05) is 36.4 Å². The molecule has 2 fully saturated rings. The van der Waals surface area contributed by atoms with Crippen LogP contribution in [0.4, 0.5) is 0 Å². The molecular weight excluding hydrogens is 290 g/mol. The van der Waals surface area contributed by atoms with E-state index < -0.39 is 12.4 Å². The van der Waals surface area contributed by atoms with Gasteiger partial charge in [-0.15, -0.1) is 0 Å². The van der Waals surface area contributed by atoms with Crippen molar-refractivity contribution in [2.45, 2.75) is 31.3 Å². The SMILES string of the molecule is [O-][C@H]1[C@H](Cc2ccccc2)C[C@H]2CO[C@@H]1O2.[Rb+]. The van der Waals surface area contributed by atoms with E-state index in [0.29, 0.717) is 6.61 Å². The summed E-state index contributed by atoms with van der Waals surface area (Å²) in [5.41, 5.74) is 1.23. The fourth-order valence-corrected chi connectivity index (χ4v) is 2.58. The van der Waals surface area contributed by atoms with Crippen molar-refractivity contribution in [3.05, 3.63) is 35.9 Å². The Labute approximate surface area is 150 Å². The van der Waals surface area contributed by atoms with Crippen LogP contribution in [0.3, 0.4) is 0 Å². The third-order valence-electron chi connectivity index (χ3n) is 3.41. The summed E-state index contributed by atoms with van der Waals surface area (Å²) in [6, 6.07) is 10.2. The quantitative estimate of drug-likeness (QED) is 0.618. The minimum absolute atomic E-state index is 0. The average Bonchev–Trinajstić information content (AvgIpc) is 2.72. The van der Waals surface area contributed by atoms with Crippen LogP contribution in [0.15, 0.2) is 30.3 Å². The van der Waals surface area contributed by atoms with Crippen LogP contribution in [0.5, 0.6) is 0 Å². The van der Waals surface area contributed by atoms with Crippen molar-refractivity contribution < 1.29 is 72.8 Å². The van der Waals surface area contributed by atoms with Gasteiger partial charge in [0.15, 0.2) is 0 Å². The van der Waals surface area contributed by atoms with Gasteiger partial charge in [-0.05, 0) is 24.3 Å². The van der Waals surface area contributed by atoms with E-state index in [-0.39, 0.29) is 70.2 Å².